The van der Waals surface area contributed by atoms with Crippen molar-refractivity contribution in [1.29, 1.82) is 0 Å². The molecule has 3 N–H and O–H groups in total. The second-order valence-electron chi connectivity index (χ2n) is 4.02. The van der Waals surface area contributed by atoms with Crippen molar-refractivity contribution in [2.75, 3.05) is 33.9 Å². The molecule has 0 rings (SSSR count). The predicted molar refractivity (Wildman–Crippen MR) is 63.0 cm³/mol. The molecule has 0 aromatic rings. The van der Waals surface area contributed by atoms with E-state index >= 15 is 0 Å². The number of ether oxygens (including phenoxy) is 2. The summed E-state index contributed by atoms with van der Waals surface area (Å²) in [5.74, 6) is 0.556. The van der Waals surface area contributed by atoms with E-state index in [2.05, 4.69) is 19.2 Å². The van der Waals surface area contributed by atoms with Crippen LogP contribution in [0.3, 0.4) is 0 Å². The van der Waals surface area contributed by atoms with Gasteiger partial charge in [-0.15, -0.1) is 0 Å². The Morgan fingerprint density at radius 2 is 1.93 bits per heavy atom. The van der Waals surface area contributed by atoms with Crippen molar-refractivity contribution in [2.24, 2.45) is 11.7 Å². The lowest BCUT2D eigenvalue weighted by Crippen LogP contribution is -2.42. The van der Waals surface area contributed by atoms with E-state index in [9.17, 15) is 0 Å². The van der Waals surface area contributed by atoms with Crippen LogP contribution in [0.15, 0.2) is 0 Å². The van der Waals surface area contributed by atoms with Crippen LogP contribution in [0.25, 0.3) is 0 Å². The molecule has 0 radical (unpaired) electrons. The Labute approximate surface area is 93.5 Å². The molecular formula is C11H26N2O2. The normalized spacial score (nSPS) is 17.4. The number of nitrogens with one attached hydrogen (secondary N) is 1. The van der Waals surface area contributed by atoms with Crippen molar-refractivity contribution in [3.05, 3.63) is 0 Å². The maximum absolute atomic E-state index is 5.99. The summed E-state index contributed by atoms with van der Waals surface area (Å²) in [7, 11) is 3.37. The summed E-state index contributed by atoms with van der Waals surface area (Å²) in [5, 5.41) is 3.31. The summed E-state index contributed by atoms with van der Waals surface area (Å²) in [6.07, 6.45) is 1.23. The largest absolute Gasteiger partial charge is 0.382 e. The zero-order valence-electron chi connectivity index (χ0n) is 10.5. The maximum atomic E-state index is 5.99. The lowest BCUT2D eigenvalue weighted by molar-refractivity contribution is 0.0287. The first-order chi connectivity index (χ1) is 7.15. The fraction of sp³-hybridized carbons (Fsp3) is 1.00. The van der Waals surface area contributed by atoms with E-state index in [-0.39, 0.29) is 12.1 Å². The van der Waals surface area contributed by atoms with Gasteiger partial charge in [0.05, 0.1) is 12.7 Å². The third-order valence-corrected chi connectivity index (χ3v) is 2.81. The Kier molecular flexibility index (Phi) is 9.00. The average Bonchev–Trinajstić information content (AvgIpc) is 2.26. The third-order valence-electron chi connectivity index (χ3n) is 2.81. The quantitative estimate of drug-likeness (QED) is 0.595. The number of methoxy groups -OCH3 is 2. The summed E-state index contributed by atoms with van der Waals surface area (Å²) < 4.78 is 10.3. The van der Waals surface area contributed by atoms with Gasteiger partial charge in [-0.3, -0.25) is 0 Å². The second-order valence-corrected chi connectivity index (χ2v) is 4.02. The minimum Gasteiger partial charge on any atom is -0.382 e. The third kappa shape index (κ3) is 6.84. The highest BCUT2D eigenvalue weighted by Crippen LogP contribution is 2.03. The fourth-order valence-corrected chi connectivity index (χ4v) is 1.31. The molecule has 0 fully saturated rings. The van der Waals surface area contributed by atoms with E-state index in [1.165, 1.54) is 0 Å². The molecule has 0 aromatic heterocycles. The minimum absolute atomic E-state index is 0.110. The fourth-order valence-electron chi connectivity index (χ4n) is 1.31. The average molecular weight is 218 g/mol. The number of rotatable bonds is 9. The van der Waals surface area contributed by atoms with Crippen LogP contribution < -0.4 is 11.1 Å². The van der Waals surface area contributed by atoms with Gasteiger partial charge >= 0.3 is 0 Å². The zero-order valence-corrected chi connectivity index (χ0v) is 10.5. The molecular weight excluding hydrogens is 192 g/mol. The molecule has 4 nitrogen and oxygen atoms in total. The summed E-state index contributed by atoms with van der Waals surface area (Å²) in [6.45, 7) is 6.57. The first-order valence-electron chi connectivity index (χ1n) is 5.63. The number of hydrogen-bond donors (Lipinski definition) is 2. The van der Waals surface area contributed by atoms with Gasteiger partial charge in [-0.2, -0.15) is 0 Å². The van der Waals surface area contributed by atoms with Gasteiger partial charge in [-0.1, -0.05) is 20.3 Å². The Bertz CT molecular complexity index is 143. The standard InChI is InChI=1S/C11H26N2O2/c1-5-9(2)11(12)7-13-6-10(15-4)8-14-3/h9-11,13H,5-8,12H2,1-4H3. The van der Waals surface area contributed by atoms with Crippen LogP contribution in [0.4, 0.5) is 0 Å². The molecule has 0 bridgehead atoms. The summed E-state index contributed by atoms with van der Waals surface area (Å²) in [4.78, 5) is 0. The first-order valence-corrected chi connectivity index (χ1v) is 5.63. The van der Waals surface area contributed by atoms with Crippen molar-refractivity contribution < 1.29 is 9.47 Å². The molecule has 0 aliphatic carbocycles. The molecule has 0 aliphatic rings. The zero-order chi connectivity index (χ0) is 11.7. The minimum atomic E-state index is 0.110. The molecule has 0 aliphatic heterocycles. The van der Waals surface area contributed by atoms with Gasteiger partial charge < -0.3 is 20.5 Å². The lowest BCUT2D eigenvalue weighted by Gasteiger charge is -2.21. The molecule has 0 aromatic carbocycles. The van der Waals surface area contributed by atoms with Crippen LogP contribution in [-0.4, -0.2) is 46.1 Å². The van der Waals surface area contributed by atoms with Crippen LogP contribution in [-0.2, 0) is 9.47 Å². The smallest absolute Gasteiger partial charge is 0.0928 e. The van der Waals surface area contributed by atoms with Crippen molar-refractivity contribution in [3.63, 3.8) is 0 Å². The van der Waals surface area contributed by atoms with E-state index in [0.29, 0.717) is 12.5 Å². The van der Waals surface area contributed by atoms with E-state index in [1.54, 1.807) is 14.2 Å². The number of nitrogens with two attached hydrogens (primary N) is 1. The van der Waals surface area contributed by atoms with Gasteiger partial charge in [0.2, 0.25) is 0 Å². The van der Waals surface area contributed by atoms with E-state index in [4.69, 9.17) is 15.2 Å². The van der Waals surface area contributed by atoms with Gasteiger partial charge in [0.1, 0.15) is 0 Å². The van der Waals surface area contributed by atoms with Gasteiger partial charge in [0.25, 0.3) is 0 Å². The van der Waals surface area contributed by atoms with Crippen LogP contribution in [0.1, 0.15) is 20.3 Å². The van der Waals surface area contributed by atoms with Gasteiger partial charge in [0, 0.05) is 33.4 Å². The van der Waals surface area contributed by atoms with Crippen LogP contribution in [0, 0.1) is 5.92 Å². The molecule has 3 atom stereocenters. The molecule has 4 heteroatoms. The molecule has 0 amide bonds. The maximum Gasteiger partial charge on any atom is 0.0928 e. The molecule has 92 valence electrons. The lowest BCUT2D eigenvalue weighted by atomic mass is 10.0. The Hall–Kier alpha value is -0.160. The van der Waals surface area contributed by atoms with E-state index in [1.807, 2.05) is 0 Å². The Morgan fingerprint density at radius 1 is 1.27 bits per heavy atom. The molecule has 15 heavy (non-hydrogen) atoms. The predicted octanol–water partition coefficient (Wildman–Crippen LogP) is 0.611. The summed E-state index contributed by atoms with van der Waals surface area (Å²) >= 11 is 0. The molecule has 0 saturated heterocycles. The van der Waals surface area contributed by atoms with Crippen molar-refractivity contribution >= 4 is 0 Å². The number of hydrogen-bond acceptors (Lipinski definition) is 4. The highest BCUT2D eigenvalue weighted by atomic mass is 16.5. The van der Waals surface area contributed by atoms with Crippen LogP contribution in [0.2, 0.25) is 0 Å². The van der Waals surface area contributed by atoms with Crippen molar-refractivity contribution in [1.82, 2.24) is 5.32 Å². The van der Waals surface area contributed by atoms with Crippen molar-refractivity contribution in [2.45, 2.75) is 32.4 Å². The topological polar surface area (TPSA) is 56.5 Å². The van der Waals surface area contributed by atoms with Crippen molar-refractivity contribution in [3.8, 4) is 0 Å². The molecule has 0 heterocycles. The van der Waals surface area contributed by atoms with Crippen LogP contribution >= 0.6 is 0 Å². The monoisotopic (exact) mass is 218 g/mol. The van der Waals surface area contributed by atoms with Gasteiger partial charge in [-0.25, -0.2) is 0 Å². The van der Waals surface area contributed by atoms with E-state index in [0.717, 1.165) is 19.5 Å². The van der Waals surface area contributed by atoms with Crippen LogP contribution in [0.5, 0.6) is 0 Å². The Balaban J connectivity index is 3.58. The Morgan fingerprint density at radius 3 is 2.40 bits per heavy atom. The van der Waals surface area contributed by atoms with Gasteiger partial charge in [0.15, 0.2) is 0 Å². The highest BCUT2D eigenvalue weighted by Gasteiger charge is 2.11. The summed E-state index contributed by atoms with van der Waals surface area (Å²) in [5.41, 5.74) is 5.99. The molecule has 3 unspecified atom stereocenters. The highest BCUT2D eigenvalue weighted by molar-refractivity contribution is 4.72. The second kappa shape index (κ2) is 9.09. The van der Waals surface area contributed by atoms with Gasteiger partial charge in [-0.05, 0) is 5.92 Å². The molecule has 0 saturated carbocycles. The first kappa shape index (κ1) is 14.8. The van der Waals surface area contributed by atoms with E-state index < -0.39 is 0 Å². The summed E-state index contributed by atoms with van der Waals surface area (Å²) in [6, 6.07) is 0.218. The molecule has 0 spiro atoms. The SMILES string of the molecule is CCC(C)C(N)CNCC(COC)OC.